The van der Waals surface area contributed by atoms with Gasteiger partial charge in [-0.1, -0.05) is 13.8 Å². The lowest BCUT2D eigenvalue weighted by Crippen LogP contribution is -2.23. The molecule has 0 atom stereocenters. The molecule has 138 valence electrons. The third-order valence-corrected chi connectivity index (χ3v) is 4.67. The van der Waals surface area contributed by atoms with E-state index >= 15 is 0 Å². The van der Waals surface area contributed by atoms with Gasteiger partial charge in [0, 0.05) is 24.0 Å². The highest BCUT2D eigenvalue weighted by molar-refractivity contribution is 5.74. The number of nitrogen functional groups attached to an aromatic ring is 1. The molecule has 0 spiro atoms. The minimum atomic E-state index is 0.708. The molecule has 26 heavy (non-hydrogen) atoms. The zero-order valence-electron chi connectivity index (χ0n) is 15.8. The second-order valence-corrected chi connectivity index (χ2v) is 6.13. The number of hydrogen-bond acceptors (Lipinski definition) is 5. The van der Waals surface area contributed by atoms with E-state index in [2.05, 4.69) is 23.1 Å². The van der Waals surface area contributed by atoms with Crippen LogP contribution < -0.4 is 15.2 Å². The molecule has 0 aliphatic carbocycles. The Morgan fingerprint density at radius 1 is 1.08 bits per heavy atom. The summed E-state index contributed by atoms with van der Waals surface area (Å²) in [5, 5.41) is 0. The molecule has 2 N–H and O–H groups in total. The molecule has 1 aromatic carbocycles. The average Bonchev–Trinajstić information content (AvgIpc) is 3.02. The molecule has 0 bridgehead atoms. The van der Waals surface area contributed by atoms with Gasteiger partial charge in [0.25, 0.3) is 0 Å². The highest BCUT2D eigenvalue weighted by atomic mass is 16.5. The number of nitrogens with zero attached hydrogens (tertiary/aromatic N) is 3. The molecular formula is C20H26N4O2. The van der Waals surface area contributed by atoms with Gasteiger partial charge in [0.2, 0.25) is 0 Å². The minimum Gasteiger partial charge on any atom is -0.497 e. The standard InChI is InChI=1S/C20H26N4O2/c1-5-23(6-2)13-17-20(22-19-10-7-14(21)12-24(17)19)16-11-15(25-3)8-9-18(16)26-4/h7-12H,5-6,13,21H2,1-4H3. The van der Waals surface area contributed by atoms with Gasteiger partial charge in [-0.25, -0.2) is 4.98 Å². The molecule has 0 saturated carbocycles. The van der Waals surface area contributed by atoms with E-state index in [-0.39, 0.29) is 0 Å². The Morgan fingerprint density at radius 2 is 1.85 bits per heavy atom. The van der Waals surface area contributed by atoms with Crippen LogP contribution in [0.5, 0.6) is 11.5 Å². The number of ether oxygens (including phenoxy) is 2. The second kappa shape index (κ2) is 7.66. The van der Waals surface area contributed by atoms with Gasteiger partial charge in [-0.2, -0.15) is 0 Å². The zero-order chi connectivity index (χ0) is 18.7. The van der Waals surface area contributed by atoms with Gasteiger partial charge in [-0.15, -0.1) is 0 Å². The van der Waals surface area contributed by atoms with E-state index in [0.29, 0.717) is 5.69 Å². The first-order valence-corrected chi connectivity index (χ1v) is 8.82. The van der Waals surface area contributed by atoms with Gasteiger partial charge < -0.3 is 19.6 Å². The van der Waals surface area contributed by atoms with Crippen LogP contribution in [0.15, 0.2) is 36.5 Å². The van der Waals surface area contributed by atoms with Crippen molar-refractivity contribution in [2.75, 3.05) is 33.0 Å². The SMILES string of the molecule is CCN(CC)Cc1c(-c2cc(OC)ccc2OC)nc2ccc(N)cn12. The monoisotopic (exact) mass is 354 g/mol. The lowest BCUT2D eigenvalue weighted by atomic mass is 10.1. The normalized spacial score (nSPS) is 11.3. The van der Waals surface area contributed by atoms with Gasteiger partial charge in [0.15, 0.2) is 0 Å². The molecule has 0 amide bonds. The number of aromatic nitrogens is 2. The van der Waals surface area contributed by atoms with Crippen LogP contribution in [0.25, 0.3) is 16.9 Å². The molecule has 3 aromatic rings. The quantitative estimate of drug-likeness (QED) is 0.704. The fourth-order valence-corrected chi connectivity index (χ4v) is 3.13. The number of imidazole rings is 1. The molecular weight excluding hydrogens is 328 g/mol. The van der Waals surface area contributed by atoms with Gasteiger partial charge in [0.05, 0.1) is 25.6 Å². The maximum absolute atomic E-state index is 6.03. The van der Waals surface area contributed by atoms with E-state index < -0.39 is 0 Å². The van der Waals surface area contributed by atoms with Crippen LogP contribution in [0.3, 0.4) is 0 Å². The van der Waals surface area contributed by atoms with Crippen molar-refractivity contribution in [3.05, 3.63) is 42.2 Å². The summed E-state index contributed by atoms with van der Waals surface area (Å²) in [4.78, 5) is 7.22. The van der Waals surface area contributed by atoms with Crippen molar-refractivity contribution >= 4 is 11.3 Å². The maximum Gasteiger partial charge on any atom is 0.137 e. The van der Waals surface area contributed by atoms with E-state index in [4.69, 9.17) is 20.2 Å². The van der Waals surface area contributed by atoms with Crippen molar-refractivity contribution in [2.45, 2.75) is 20.4 Å². The van der Waals surface area contributed by atoms with E-state index in [1.54, 1.807) is 14.2 Å². The fraction of sp³-hybridized carbons (Fsp3) is 0.350. The van der Waals surface area contributed by atoms with E-state index in [1.165, 1.54) is 0 Å². The van der Waals surface area contributed by atoms with Crippen molar-refractivity contribution in [1.82, 2.24) is 14.3 Å². The number of anilines is 1. The molecule has 2 heterocycles. The average molecular weight is 354 g/mol. The predicted molar refractivity (Wildman–Crippen MR) is 105 cm³/mol. The zero-order valence-corrected chi connectivity index (χ0v) is 15.8. The summed E-state index contributed by atoms with van der Waals surface area (Å²) in [6.45, 7) is 7.01. The summed E-state index contributed by atoms with van der Waals surface area (Å²) < 4.78 is 13.1. The molecule has 3 rings (SSSR count). The van der Waals surface area contributed by atoms with Crippen LogP contribution >= 0.6 is 0 Å². The second-order valence-electron chi connectivity index (χ2n) is 6.13. The van der Waals surface area contributed by atoms with Gasteiger partial charge >= 0.3 is 0 Å². The highest BCUT2D eigenvalue weighted by Gasteiger charge is 2.20. The first kappa shape index (κ1) is 18.1. The number of fused-ring (bicyclic) bond motifs is 1. The summed E-state index contributed by atoms with van der Waals surface area (Å²) >= 11 is 0. The summed E-state index contributed by atoms with van der Waals surface area (Å²) in [7, 11) is 3.33. The maximum atomic E-state index is 6.03. The van der Waals surface area contributed by atoms with E-state index in [1.807, 2.05) is 36.5 Å². The third kappa shape index (κ3) is 3.32. The molecule has 0 radical (unpaired) electrons. The first-order valence-electron chi connectivity index (χ1n) is 8.82. The van der Waals surface area contributed by atoms with Crippen LogP contribution in [-0.2, 0) is 6.54 Å². The Morgan fingerprint density at radius 3 is 2.50 bits per heavy atom. The molecule has 0 aliphatic heterocycles. The van der Waals surface area contributed by atoms with E-state index in [9.17, 15) is 0 Å². The Balaban J connectivity index is 2.25. The number of pyridine rings is 1. The summed E-state index contributed by atoms with van der Waals surface area (Å²) in [5.74, 6) is 1.54. The Hall–Kier alpha value is -2.73. The molecule has 6 nitrogen and oxygen atoms in total. The fourth-order valence-electron chi connectivity index (χ4n) is 3.13. The molecule has 0 saturated heterocycles. The highest BCUT2D eigenvalue weighted by Crippen LogP contribution is 2.36. The minimum absolute atomic E-state index is 0.708. The van der Waals surface area contributed by atoms with Gasteiger partial charge in [-0.05, 0) is 43.4 Å². The number of methoxy groups -OCH3 is 2. The third-order valence-electron chi connectivity index (χ3n) is 4.67. The van der Waals surface area contributed by atoms with Crippen LogP contribution in [0.4, 0.5) is 5.69 Å². The Labute approximate surface area is 154 Å². The van der Waals surface area contributed by atoms with Crippen LogP contribution in [0, 0.1) is 0 Å². The van der Waals surface area contributed by atoms with Crippen molar-refractivity contribution in [2.24, 2.45) is 0 Å². The van der Waals surface area contributed by atoms with Crippen molar-refractivity contribution in [3.8, 4) is 22.8 Å². The first-order chi connectivity index (χ1) is 12.6. The molecule has 2 aromatic heterocycles. The largest absolute Gasteiger partial charge is 0.497 e. The van der Waals surface area contributed by atoms with E-state index in [0.717, 1.165) is 53.7 Å². The number of rotatable bonds is 7. The lowest BCUT2D eigenvalue weighted by Gasteiger charge is -2.19. The number of nitrogens with two attached hydrogens (primary N) is 1. The Bertz CT molecular complexity index is 900. The topological polar surface area (TPSA) is 65.0 Å². The molecule has 6 heteroatoms. The van der Waals surface area contributed by atoms with Crippen molar-refractivity contribution in [1.29, 1.82) is 0 Å². The van der Waals surface area contributed by atoms with Crippen LogP contribution in [-0.4, -0.2) is 41.6 Å². The molecule has 0 aliphatic rings. The number of hydrogen-bond donors (Lipinski definition) is 1. The van der Waals surface area contributed by atoms with Crippen molar-refractivity contribution in [3.63, 3.8) is 0 Å². The molecule has 0 fully saturated rings. The van der Waals surface area contributed by atoms with Crippen LogP contribution in [0.2, 0.25) is 0 Å². The van der Waals surface area contributed by atoms with Crippen molar-refractivity contribution < 1.29 is 9.47 Å². The van der Waals surface area contributed by atoms with Crippen LogP contribution in [0.1, 0.15) is 19.5 Å². The summed E-state index contributed by atoms with van der Waals surface area (Å²) in [6.07, 6.45) is 1.93. The van der Waals surface area contributed by atoms with Gasteiger partial charge in [-0.3, -0.25) is 4.90 Å². The Kier molecular flexibility index (Phi) is 5.32. The summed E-state index contributed by atoms with van der Waals surface area (Å²) in [5.41, 5.74) is 10.5. The summed E-state index contributed by atoms with van der Waals surface area (Å²) in [6, 6.07) is 9.58. The predicted octanol–water partition coefficient (Wildman–Crippen LogP) is 3.44. The smallest absolute Gasteiger partial charge is 0.137 e. The molecule has 0 unspecified atom stereocenters. The van der Waals surface area contributed by atoms with Gasteiger partial charge in [0.1, 0.15) is 17.1 Å². The lowest BCUT2D eigenvalue weighted by molar-refractivity contribution is 0.292. The number of benzene rings is 1.